The van der Waals surface area contributed by atoms with Crippen molar-refractivity contribution in [3.05, 3.63) is 11.6 Å². The average molecular weight is 428 g/mol. The number of ether oxygens (including phenoxy) is 1. The van der Waals surface area contributed by atoms with Crippen LogP contribution in [0.4, 0.5) is 0 Å². The van der Waals surface area contributed by atoms with E-state index in [0.717, 1.165) is 0 Å². The molecular formula is C23H45N3O4. The van der Waals surface area contributed by atoms with Crippen molar-refractivity contribution in [3.8, 4) is 0 Å². The topological polar surface area (TPSA) is 102 Å². The van der Waals surface area contributed by atoms with Crippen LogP contribution in [0, 0.1) is 5.41 Å². The van der Waals surface area contributed by atoms with Crippen LogP contribution in [0.1, 0.15) is 81.6 Å². The van der Waals surface area contributed by atoms with Gasteiger partial charge in [-0.2, -0.15) is 0 Å². The number of esters is 1. The lowest BCUT2D eigenvalue weighted by molar-refractivity contribution is -0.140. The second-order valence-electron chi connectivity index (χ2n) is 8.67. The Morgan fingerprint density at radius 2 is 1.53 bits per heavy atom. The maximum absolute atomic E-state index is 13.0. The predicted octanol–water partition coefficient (Wildman–Crippen LogP) is 3.42. The second-order valence-corrected chi connectivity index (χ2v) is 8.67. The van der Waals surface area contributed by atoms with Crippen LogP contribution in [-0.4, -0.2) is 54.5 Å². The lowest BCUT2D eigenvalue weighted by Gasteiger charge is -2.36. The molecule has 176 valence electrons. The Morgan fingerprint density at radius 3 is 1.90 bits per heavy atom. The van der Waals surface area contributed by atoms with Gasteiger partial charge in [-0.1, -0.05) is 61.0 Å². The van der Waals surface area contributed by atoms with Crippen LogP contribution >= 0.6 is 0 Å². The zero-order valence-electron chi connectivity index (χ0n) is 20.8. The number of rotatable bonds is 9. The minimum atomic E-state index is -0.997. The fourth-order valence-electron chi connectivity index (χ4n) is 2.41. The summed E-state index contributed by atoms with van der Waals surface area (Å²) in [5.74, 6) is -0.969. The fourth-order valence-corrected chi connectivity index (χ4v) is 2.41. The standard InChI is InChI=1S/C20H37N3O4.C3H8/c1-9-20(21,10-2)18(26)22-15(19(5,6)7)16(24)23(8)13-12-14(4)17(25)27-11-3;1-3-2/h12,15H,9-11,13,21H2,1-8H3,(H,22,26);3H2,1-2H3/b14-12+;. The first-order chi connectivity index (χ1) is 13.7. The van der Waals surface area contributed by atoms with Crippen LogP contribution in [0.5, 0.6) is 0 Å². The highest BCUT2D eigenvalue weighted by Gasteiger charge is 2.39. The summed E-state index contributed by atoms with van der Waals surface area (Å²) in [6.45, 7) is 17.5. The molecule has 0 aliphatic carbocycles. The fraction of sp³-hybridized carbons (Fsp3) is 0.783. The number of amides is 2. The van der Waals surface area contributed by atoms with Gasteiger partial charge in [0.2, 0.25) is 11.8 Å². The molecule has 0 aromatic carbocycles. The zero-order chi connectivity index (χ0) is 24.1. The summed E-state index contributed by atoms with van der Waals surface area (Å²) in [6.07, 6.45) is 3.86. The summed E-state index contributed by atoms with van der Waals surface area (Å²) >= 11 is 0. The van der Waals surface area contributed by atoms with Crippen molar-refractivity contribution < 1.29 is 19.1 Å². The Hall–Kier alpha value is -1.89. The molecule has 0 aliphatic heterocycles. The number of carbonyl (C=O) groups is 3. The minimum absolute atomic E-state index is 0.237. The first-order valence-corrected chi connectivity index (χ1v) is 10.9. The highest BCUT2D eigenvalue weighted by Crippen LogP contribution is 2.22. The van der Waals surface area contributed by atoms with E-state index in [4.69, 9.17) is 10.5 Å². The molecule has 0 aliphatic rings. The highest BCUT2D eigenvalue weighted by molar-refractivity contribution is 5.92. The van der Waals surface area contributed by atoms with Gasteiger partial charge < -0.3 is 20.7 Å². The van der Waals surface area contributed by atoms with Gasteiger partial charge in [0.05, 0.1) is 12.1 Å². The van der Waals surface area contributed by atoms with Crippen LogP contribution in [0.15, 0.2) is 11.6 Å². The highest BCUT2D eigenvalue weighted by atomic mass is 16.5. The molecule has 0 saturated carbocycles. The van der Waals surface area contributed by atoms with Gasteiger partial charge in [-0.3, -0.25) is 9.59 Å². The number of likely N-dealkylation sites (N-methyl/N-ethyl adjacent to an activating group) is 1. The molecule has 0 rings (SSSR count). The number of carbonyl (C=O) groups excluding carboxylic acids is 3. The van der Waals surface area contributed by atoms with E-state index >= 15 is 0 Å². The van der Waals surface area contributed by atoms with Gasteiger partial charge in [-0.15, -0.1) is 0 Å². The van der Waals surface area contributed by atoms with Crippen LogP contribution in [0.25, 0.3) is 0 Å². The van der Waals surface area contributed by atoms with Crippen LogP contribution in [0.3, 0.4) is 0 Å². The lowest BCUT2D eigenvalue weighted by Crippen LogP contribution is -2.61. The van der Waals surface area contributed by atoms with Crippen molar-refractivity contribution in [2.24, 2.45) is 11.1 Å². The molecule has 0 aromatic rings. The Balaban J connectivity index is 0. The van der Waals surface area contributed by atoms with Gasteiger partial charge in [0, 0.05) is 19.2 Å². The van der Waals surface area contributed by atoms with Crippen molar-refractivity contribution in [1.29, 1.82) is 0 Å². The van der Waals surface area contributed by atoms with E-state index < -0.39 is 23.0 Å². The third-order valence-corrected chi connectivity index (χ3v) is 4.75. The molecular weight excluding hydrogens is 382 g/mol. The van der Waals surface area contributed by atoms with E-state index in [9.17, 15) is 14.4 Å². The Bertz CT molecular complexity index is 575. The Kier molecular flexibility index (Phi) is 14.3. The molecule has 1 atom stereocenters. The number of nitrogens with zero attached hydrogens (tertiary/aromatic N) is 1. The van der Waals surface area contributed by atoms with E-state index in [1.165, 1.54) is 11.3 Å². The lowest BCUT2D eigenvalue weighted by atomic mass is 9.84. The van der Waals surface area contributed by atoms with Gasteiger partial charge in [0.15, 0.2) is 0 Å². The van der Waals surface area contributed by atoms with Crippen LogP contribution < -0.4 is 11.1 Å². The molecule has 30 heavy (non-hydrogen) atoms. The number of nitrogens with one attached hydrogen (secondary N) is 1. The van der Waals surface area contributed by atoms with Gasteiger partial charge >= 0.3 is 5.97 Å². The largest absolute Gasteiger partial charge is 0.463 e. The maximum atomic E-state index is 13.0. The molecule has 7 heteroatoms. The first-order valence-electron chi connectivity index (χ1n) is 10.9. The third kappa shape index (κ3) is 10.2. The van der Waals surface area contributed by atoms with Gasteiger partial charge in [0.1, 0.15) is 6.04 Å². The van der Waals surface area contributed by atoms with Gasteiger partial charge in [0.25, 0.3) is 0 Å². The molecule has 0 heterocycles. The molecule has 3 N–H and O–H groups in total. The smallest absolute Gasteiger partial charge is 0.333 e. The van der Waals surface area contributed by atoms with E-state index in [-0.39, 0.29) is 18.4 Å². The van der Waals surface area contributed by atoms with Crippen molar-refractivity contribution in [2.45, 2.75) is 93.2 Å². The monoisotopic (exact) mass is 427 g/mol. The second kappa shape index (κ2) is 14.2. The van der Waals surface area contributed by atoms with Crippen molar-refractivity contribution in [1.82, 2.24) is 10.2 Å². The summed E-state index contributed by atoms with van der Waals surface area (Å²) in [4.78, 5) is 38.8. The minimum Gasteiger partial charge on any atom is -0.463 e. The quantitative estimate of drug-likeness (QED) is 0.434. The molecule has 0 radical (unpaired) electrons. The molecule has 7 nitrogen and oxygen atoms in total. The normalized spacial score (nSPS) is 13.0. The van der Waals surface area contributed by atoms with E-state index in [2.05, 4.69) is 19.2 Å². The molecule has 1 unspecified atom stereocenters. The SMILES string of the molecule is CCC.CCOC(=O)/C(C)=C/CN(C)C(=O)C(NC(=O)C(N)(CC)CC)C(C)(C)C. The molecule has 0 fully saturated rings. The molecule has 0 spiro atoms. The molecule has 0 saturated heterocycles. The third-order valence-electron chi connectivity index (χ3n) is 4.75. The van der Waals surface area contributed by atoms with Gasteiger partial charge in [-0.25, -0.2) is 4.79 Å². The summed E-state index contributed by atoms with van der Waals surface area (Å²) < 4.78 is 4.93. The van der Waals surface area contributed by atoms with Crippen molar-refractivity contribution in [2.75, 3.05) is 20.2 Å². The summed E-state index contributed by atoms with van der Waals surface area (Å²) in [7, 11) is 1.64. The summed E-state index contributed by atoms with van der Waals surface area (Å²) in [5.41, 5.74) is 5.11. The molecule has 0 aromatic heterocycles. The van der Waals surface area contributed by atoms with E-state index in [0.29, 0.717) is 25.0 Å². The molecule has 0 bridgehead atoms. The molecule has 2 amide bonds. The van der Waals surface area contributed by atoms with E-state index in [1.807, 2.05) is 34.6 Å². The maximum Gasteiger partial charge on any atom is 0.333 e. The number of nitrogens with two attached hydrogens (primary N) is 1. The van der Waals surface area contributed by atoms with Crippen LogP contribution in [0.2, 0.25) is 0 Å². The Labute approximate surface area is 183 Å². The van der Waals surface area contributed by atoms with Crippen molar-refractivity contribution >= 4 is 17.8 Å². The average Bonchev–Trinajstić information content (AvgIpc) is 2.68. The zero-order valence-corrected chi connectivity index (χ0v) is 20.8. The summed E-state index contributed by atoms with van der Waals surface area (Å²) in [5, 5.41) is 2.84. The van der Waals surface area contributed by atoms with Gasteiger partial charge in [-0.05, 0) is 32.1 Å². The van der Waals surface area contributed by atoms with E-state index in [1.54, 1.807) is 27.0 Å². The number of hydrogen-bond donors (Lipinski definition) is 2. The predicted molar refractivity (Wildman–Crippen MR) is 123 cm³/mol. The number of hydrogen-bond acceptors (Lipinski definition) is 5. The Morgan fingerprint density at radius 1 is 1.07 bits per heavy atom. The first kappa shape index (κ1) is 30.3. The summed E-state index contributed by atoms with van der Waals surface area (Å²) in [6, 6.07) is -0.729. The van der Waals surface area contributed by atoms with Crippen molar-refractivity contribution in [3.63, 3.8) is 0 Å². The van der Waals surface area contributed by atoms with Crippen LogP contribution in [-0.2, 0) is 19.1 Å².